The van der Waals surface area contributed by atoms with Crippen molar-refractivity contribution in [1.29, 1.82) is 0 Å². The molecule has 2 amide bonds. The van der Waals surface area contributed by atoms with Crippen LogP contribution in [0.15, 0.2) is 53.2 Å². The third kappa shape index (κ3) is 3.70. The highest BCUT2D eigenvalue weighted by Gasteiger charge is 2.39. The van der Waals surface area contributed by atoms with Crippen molar-refractivity contribution in [2.24, 2.45) is 0 Å². The van der Waals surface area contributed by atoms with E-state index in [9.17, 15) is 14.4 Å². The Morgan fingerprint density at radius 2 is 1.89 bits per heavy atom. The minimum atomic E-state index is -0.599. The summed E-state index contributed by atoms with van der Waals surface area (Å²) in [5.41, 5.74) is 1.96. The fourth-order valence-corrected chi connectivity index (χ4v) is 3.55. The number of rotatable bonds is 4. The lowest BCUT2D eigenvalue weighted by Crippen LogP contribution is -2.32. The molecule has 27 heavy (non-hydrogen) atoms. The lowest BCUT2D eigenvalue weighted by Gasteiger charge is -2.17. The minimum absolute atomic E-state index is 0.0402. The topological polar surface area (TPSA) is 75.7 Å². The van der Waals surface area contributed by atoms with Crippen LogP contribution in [0.4, 0.5) is 11.4 Å². The zero-order chi connectivity index (χ0) is 19.7. The predicted octanol–water partition coefficient (Wildman–Crippen LogP) is 3.82. The molecular formula is C19H14ClIN2O4. The Bertz CT molecular complexity index is 1000. The number of anilines is 2. The third-order valence-corrected chi connectivity index (χ3v) is 5.00. The number of esters is 1. The molecule has 0 fully saturated rings. The Morgan fingerprint density at radius 3 is 2.56 bits per heavy atom. The van der Waals surface area contributed by atoms with Gasteiger partial charge in [0, 0.05) is 9.26 Å². The van der Waals surface area contributed by atoms with Crippen molar-refractivity contribution in [3.63, 3.8) is 0 Å². The normalized spacial score (nSPS) is 14.0. The quantitative estimate of drug-likeness (QED) is 0.396. The summed E-state index contributed by atoms with van der Waals surface area (Å²) in [6.07, 6.45) is 0. The standard InChI is InChI=1S/C19H14ClIN2O4/c1-10-8-12(21)6-7-14(10)23-17(24)15(20)16(18(23)25)22-13-5-3-4-11(9-13)19(26)27-2/h3-9,22H,1-2H3. The number of carbonyl (C=O) groups is 3. The van der Waals surface area contributed by atoms with Crippen LogP contribution in [0.5, 0.6) is 0 Å². The molecule has 0 aliphatic carbocycles. The highest BCUT2D eigenvalue weighted by molar-refractivity contribution is 14.1. The molecular weight excluding hydrogens is 483 g/mol. The maximum absolute atomic E-state index is 12.9. The number of ether oxygens (including phenoxy) is 1. The van der Waals surface area contributed by atoms with Crippen LogP contribution in [0.2, 0.25) is 0 Å². The molecule has 2 aromatic carbocycles. The lowest BCUT2D eigenvalue weighted by atomic mass is 10.2. The second-order valence-corrected chi connectivity index (χ2v) is 7.39. The average Bonchev–Trinajstić information content (AvgIpc) is 2.85. The molecule has 0 atom stereocenters. The molecule has 0 spiro atoms. The Labute approximate surface area is 174 Å². The maximum atomic E-state index is 12.9. The van der Waals surface area contributed by atoms with E-state index in [1.54, 1.807) is 24.3 Å². The summed E-state index contributed by atoms with van der Waals surface area (Å²) in [5.74, 6) is -1.67. The summed E-state index contributed by atoms with van der Waals surface area (Å²) in [5, 5.41) is 2.64. The number of amides is 2. The van der Waals surface area contributed by atoms with Gasteiger partial charge in [-0.3, -0.25) is 9.59 Å². The Balaban J connectivity index is 1.92. The van der Waals surface area contributed by atoms with Crippen LogP contribution < -0.4 is 10.2 Å². The van der Waals surface area contributed by atoms with Crippen molar-refractivity contribution in [2.75, 3.05) is 17.3 Å². The van der Waals surface area contributed by atoms with Gasteiger partial charge in [-0.15, -0.1) is 0 Å². The number of imide groups is 1. The van der Waals surface area contributed by atoms with Gasteiger partial charge in [0.2, 0.25) is 0 Å². The van der Waals surface area contributed by atoms with Crippen LogP contribution in [-0.2, 0) is 14.3 Å². The van der Waals surface area contributed by atoms with Gasteiger partial charge in [0.25, 0.3) is 11.8 Å². The molecule has 2 aromatic rings. The number of hydrogen-bond donors (Lipinski definition) is 1. The molecule has 0 unspecified atom stereocenters. The van der Waals surface area contributed by atoms with E-state index >= 15 is 0 Å². The van der Waals surface area contributed by atoms with E-state index in [-0.39, 0.29) is 10.7 Å². The summed E-state index contributed by atoms with van der Waals surface area (Å²) in [4.78, 5) is 38.1. The molecule has 6 nitrogen and oxygen atoms in total. The van der Waals surface area contributed by atoms with Gasteiger partial charge in [-0.25, -0.2) is 9.69 Å². The SMILES string of the molecule is COC(=O)c1cccc(NC2=C(Cl)C(=O)N(c3ccc(I)cc3C)C2=O)c1. The highest BCUT2D eigenvalue weighted by atomic mass is 127. The number of benzene rings is 2. The van der Waals surface area contributed by atoms with Crippen LogP contribution in [0.25, 0.3) is 0 Å². The zero-order valence-corrected chi connectivity index (χ0v) is 17.3. The van der Waals surface area contributed by atoms with Crippen molar-refractivity contribution >= 4 is 63.4 Å². The number of carbonyl (C=O) groups excluding carboxylic acids is 3. The number of halogens is 2. The third-order valence-electron chi connectivity index (χ3n) is 3.98. The zero-order valence-electron chi connectivity index (χ0n) is 14.4. The van der Waals surface area contributed by atoms with Gasteiger partial charge in [-0.05, 0) is 71.5 Å². The first kappa shape index (κ1) is 19.4. The minimum Gasteiger partial charge on any atom is -0.465 e. The first-order valence-corrected chi connectivity index (χ1v) is 9.29. The molecule has 3 rings (SSSR count). The maximum Gasteiger partial charge on any atom is 0.337 e. The van der Waals surface area contributed by atoms with Gasteiger partial charge in [-0.1, -0.05) is 17.7 Å². The van der Waals surface area contributed by atoms with Crippen molar-refractivity contribution in [3.05, 3.63) is 67.9 Å². The number of methoxy groups -OCH3 is 1. The van der Waals surface area contributed by atoms with Gasteiger partial charge < -0.3 is 10.1 Å². The average molecular weight is 497 g/mol. The summed E-state index contributed by atoms with van der Waals surface area (Å²) < 4.78 is 5.67. The molecule has 0 aromatic heterocycles. The number of hydrogen-bond acceptors (Lipinski definition) is 5. The van der Waals surface area contributed by atoms with E-state index in [1.807, 2.05) is 19.1 Å². The van der Waals surface area contributed by atoms with Crippen molar-refractivity contribution in [2.45, 2.75) is 6.92 Å². The molecule has 1 aliphatic heterocycles. The van der Waals surface area contributed by atoms with Crippen LogP contribution in [0, 0.1) is 10.5 Å². The van der Waals surface area contributed by atoms with Gasteiger partial charge >= 0.3 is 5.97 Å². The number of nitrogens with zero attached hydrogens (tertiary/aromatic N) is 1. The van der Waals surface area contributed by atoms with Crippen LogP contribution in [0.3, 0.4) is 0 Å². The van der Waals surface area contributed by atoms with E-state index in [0.717, 1.165) is 14.0 Å². The van der Waals surface area contributed by atoms with Gasteiger partial charge in [-0.2, -0.15) is 0 Å². The first-order chi connectivity index (χ1) is 12.8. The van der Waals surface area contributed by atoms with Gasteiger partial charge in [0.15, 0.2) is 0 Å². The number of nitrogens with one attached hydrogen (secondary N) is 1. The van der Waals surface area contributed by atoms with E-state index in [2.05, 4.69) is 32.6 Å². The Hall–Kier alpha value is -2.39. The van der Waals surface area contributed by atoms with Gasteiger partial charge in [0.05, 0.1) is 18.4 Å². The van der Waals surface area contributed by atoms with Gasteiger partial charge in [0.1, 0.15) is 10.7 Å². The van der Waals surface area contributed by atoms with Crippen LogP contribution >= 0.6 is 34.2 Å². The second-order valence-electron chi connectivity index (χ2n) is 5.76. The second kappa shape index (κ2) is 7.69. The lowest BCUT2D eigenvalue weighted by molar-refractivity contribution is -0.120. The van der Waals surface area contributed by atoms with E-state index in [1.165, 1.54) is 13.2 Å². The van der Waals surface area contributed by atoms with Crippen molar-refractivity contribution in [1.82, 2.24) is 0 Å². The first-order valence-electron chi connectivity index (χ1n) is 7.83. The summed E-state index contributed by atoms with van der Waals surface area (Å²) in [6.45, 7) is 1.82. The Kier molecular flexibility index (Phi) is 5.52. The molecule has 0 saturated carbocycles. The van der Waals surface area contributed by atoms with E-state index in [4.69, 9.17) is 11.6 Å². The summed E-state index contributed by atoms with van der Waals surface area (Å²) in [7, 11) is 1.28. The molecule has 8 heteroatoms. The van der Waals surface area contributed by atoms with Crippen LogP contribution in [0.1, 0.15) is 15.9 Å². The molecule has 0 saturated heterocycles. The van der Waals surface area contributed by atoms with E-state index in [0.29, 0.717) is 16.9 Å². The van der Waals surface area contributed by atoms with E-state index < -0.39 is 17.8 Å². The summed E-state index contributed by atoms with van der Waals surface area (Å²) >= 11 is 8.30. The smallest absolute Gasteiger partial charge is 0.337 e. The molecule has 0 bridgehead atoms. The number of aryl methyl sites for hydroxylation is 1. The fourth-order valence-electron chi connectivity index (χ4n) is 2.69. The molecule has 1 heterocycles. The molecule has 0 radical (unpaired) electrons. The van der Waals surface area contributed by atoms with Crippen LogP contribution in [-0.4, -0.2) is 24.9 Å². The monoisotopic (exact) mass is 496 g/mol. The molecule has 138 valence electrons. The summed E-state index contributed by atoms with van der Waals surface area (Å²) in [6, 6.07) is 11.8. The predicted molar refractivity (Wildman–Crippen MR) is 111 cm³/mol. The molecule has 1 aliphatic rings. The van der Waals surface area contributed by atoms with Crippen molar-refractivity contribution < 1.29 is 19.1 Å². The molecule has 1 N–H and O–H groups in total. The Morgan fingerprint density at radius 1 is 1.15 bits per heavy atom. The van der Waals surface area contributed by atoms with Crippen molar-refractivity contribution in [3.8, 4) is 0 Å². The fraction of sp³-hybridized carbons (Fsp3) is 0.105. The highest BCUT2D eigenvalue weighted by Crippen LogP contribution is 2.32. The largest absolute Gasteiger partial charge is 0.465 e.